The fourth-order valence-corrected chi connectivity index (χ4v) is 3.29. The van der Waals surface area contributed by atoms with Crippen LogP contribution in [-0.4, -0.2) is 44.2 Å². The van der Waals surface area contributed by atoms with Gasteiger partial charge in [0.15, 0.2) is 0 Å². The molecular weight excluding hydrogens is 329 g/mol. The van der Waals surface area contributed by atoms with Crippen molar-refractivity contribution in [2.45, 2.75) is 19.3 Å². The quantitative estimate of drug-likeness (QED) is 0.577. The van der Waals surface area contributed by atoms with Crippen molar-refractivity contribution in [2.24, 2.45) is 0 Å². The van der Waals surface area contributed by atoms with Gasteiger partial charge in [-0.1, -0.05) is 6.07 Å². The van der Waals surface area contributed by atoms with Gasteiger partial charge in [0.1, 0.15) is 11.6 Å². The van der Waals surface area contributed by atoms with E-state index in [1.165, 1.54) is 25.0 Å². The summed E-state index contributed by atoms with van der Waals surface area (Å²) in [6.07, 6.45) is 3.42. The lowest BCUT2D eigenvalue weighted by molar-refractivity contribution is 0.246. The first kappa shape index (κ1) is 18.5. The van der Waals surface area contributed by atoms with Crippen LogP contribution in [0.25, 0.3) is 0 Å². The number of hydrogen-bond acceptors (Lipinski definition) is 4. The van der Waals surface area contributed by atoms with Gasteiger partial charge in [-0.3, -0.25) is 4.90 Å². The maximum absolute atomic E-state index is 13.0. The zero-order valence-corrected chi connectivity index (χ0v) is 15.2. The number of anilines is 2. The molecule has 0 saturated carbocycles. The summed E-state index contributed by atoms with van der Waals surface area (Å²) in [6, 6.07) is 14.4. The molecule has 1 aliphatic rings. The Morgan fingerprint density at radius 2 is 1.69 bits per heavy atom. The predicted octanol–water partition coefficient (Wildman–Crippen LogP) is 3.78. The third kappa shape index (κ3) is 5.63. The van der Waals surface area contributed by atoms with Crippen LogP contribution in [0, 0.1) is 5.82 Å². The second-order valence-electron chi connectivity index (χ2n) is 6.79. The van der Waals surface area contributed by atoms with Crippen LogP contribution in [0.2, 0.25) is 0 Å². The summed E-state index contributed by atoms with van der Waals surface area (Å²) < 4.78 is 18.7. The van der Waals surface area contributed by atoms with E-state index in [1.54, 1.807) is 0 Å². The van der Waals surface area contributed by atoms with Crippen LogP contribution in [0.1, 0.15) is 19.3 Å². The zero-order valence-electron chi connectivity index (χ0n) is 15.2. The molecule has 0 spiro atoms. The molecule has 1 heterocycles. The van der Waals surface area contributed by atoms with Gasteiger partial charge in [0, 0.05) is 43.6 Å². The van der Waals surface area contributed by atoms with Crippen LogP contribution in [-0.2, 0) is 0 Å². The molecule has 0 atom stereocenters. The molecule has 1 aliphatic heterocycles. The minimum Gasteiger partial charge on any atom is -0.494 e. The minimum atomic E-state index is -0.174. The lowest BCUT2D eigenvalue weighted by atomic mass is 10.2. The van der Waals surface area contributed by atoms with E-state index in [2.05, 4.69) is 9.80 Å². The standard InChI is InChI=1S/C21H28FN3O/c22-18-7-9-20(10-8-18)25-14-12-24(13-15-25)11-2-1-3-16-26-21-6-4-5-19(23)17-21/h4-10,17H,1-3,11-16,23H2. The molecule has 1 saturated heterocycles. The van der Waals surface area contributed by atoms with Crippen molar-refractivity contribution < 1.29 is 9.13 Å². The molecule has 26 heavy (non-hydrogen) atoms. The number of nitrogens with two attached hydrogens (primary N) is 1. The van der Waals surface area contributed by atoms with Gasteiger partial charge < -0.3 is 15.4 Å². The third-order valence-corrected chi connectivity index (χ3v) is 4.81. The monoisotopic (exact) mass is 357 g/mol. The molecule has 3 rings (SSSR count). The molecule has 1 fully saturated rings. The van der Waals surface area contributed by atoms with Gasteiger partial charge in [-0.25, -0.2) is 4.39 Å². The number of ether oxygens (including phenoxy) is 1. The SMILES string of the molecule is Nc1cccc(OCCCCCN2CCN(c3ccc(F)cc3)CC2)c1. The average Bonchev–Trinajstić information content (AvgIpc) is 2.66. The van der Waals surface area contributed by atoms with Crippen LogP contribution in [0.3, 0.4) is 0 Å². The number of halogens is 1. The Balaban J connectivity index is 1.26. The lowest BCUT2D eigenvalue weighted by Gasteiger charge is -2.36. The number of benzene rings is 2. The van der Waals surface area contributed by atoms with Crippen molar-refractivity contribution in [3.63, 3.8) is 0 Å². The number of unbranched alkanes of at least 4 members (excludes halogenated alkanes) is 2. The Bertz CT molecular complexity index is 669. The summed E-state index contributed by atoms with van der Waals surface area (Å²) in [4.78, 5) is 4.84. The summed E-state index contributed by atoms with van der Waals surface area (Å²) in [5.41, 5.74) is 7.59. The fourth-order valence-electron chi connectivity index (χ4n) is 3.29. The van der Waals surface area contributed by atoms with Gasteiger partial charge in [-0.15, -0.1) is 0 Å². The second kappa shape index (κ2) is 9.43. The van der Waals surface area contributed by atoms with Crippen molar-refractivity contribution >= 4 is 11.4 Å². The second-order valence-corrected chi connectivity index (χ2v) is 6.79. The van der Waals surface area contributed by atoms with Gasteiger partial charge in [0.2, 0.25) is 0 Å². The van der Waals surface area contributed by atoms with E-state index in [9.17, 15) is 4.39 Å². The van der Waals surface area contributed by atoms with Crippen molar-refractivity contribution in [1.82, 2.24) is 4.90 Å². The first-order chi connectivity index (χ1) is 12.7. The third-order valence-electron chi connectivity index (χ3n) is 4.81. The van der Waals surface area contributed by atoms with E-state index in [4.69, 9.17) is 10.5 Å². The van der Waals surface area contributed by atoms with Gasteiger partial charge in [-0.05, 0) is 62.2 Å². The molecule has 4 nitrogen and oxygen atoms in total. The molecule has 0 aliphatic carbocycles. The van der Waals surface area contributed by atoms with Crippen molar-refractivity contribution in [2.75, 3.05) is 50.0 Å². The number of piperazine rings is 1. The molecule has 0 amide bonds. The topological polar surface area (TPSA) is 41.7 Å². The maximum Gasteiger partial charge on any atom is 0.123 e. The molecule has 0 aromatic heterocycles. The summed E-state index contributed by atoms with van der Waals surface area (Å²) >= 11 is 0. The maximum atomic E-state index is 13.0. The molecule has 0 radical (unpaired) electrons. The van der Waals surface area contributed by atoms with E-state index in [-0.39, 0.29) is 5.82 Å². The normalized spacial score (nSPS) is 15.2. The lowest BCUT2D eigenvalue weighted by Crippen LogP contribution is -2.46. The Morgan fingerprint density at radius 1 is 0.923 bits per heavy atom. The van der Waals surface area contributed by atoms with Crippen LogP contribution < -0.4 is 15.4 Å². The largest absolute Gasteiger partial charge is 0.494 e. The highest BCUT2D eigenvalue weighted by atomic mass is 19.1. The highest BCUT2D eigenvalue weighted by Crippen LogP contribution is 2.17. The number of nitrogens with zero attached hydrogens (tertiary/aromatic N) is 2. The van der Waals surface area contributed by atoms with E-state index in [0.717, 1.165) is 62.9 Å². The highest BCUT2D eigenvalue weighted by Gasteiger charge is 2.16. The number of rotatable bonds is 8. The summed E-state index contributed by atoms with van der Waals surface area (Å²) in [5.74, 6) is 0.675. The minimum absolute atomic E-state index is 0.174. The van der Waals surface area contributed by atoms with E-state index < -0.39 is 0 Å². The predicted molar refractivity (Wildman–Crippen MR) is 105 cm³/mol. The fraction of sp³-hybridized carbons (Fsp3) is 0.429. The zero-order chi connectivity index (χ0) is 18.2. The van der Waals surface area contributed by atoms with Gasteiger partial charge in [0.25, 0.3) is 0 Å². The Morgan fingerprint density at radius 3 is 2.42 bits per heavy atom. The van der Waals surface area contributed by atoms with Gasteiger partial charge in [0.05, 0.1) is 6.61 Å². The first-order valence-electron chi connectivity index (χ1n) is 9.42. The number of hydrogen-bond donors (Lipinski definition) is 1. The Hall–Kier alpha value is -2.27. The van der Waals surface area contributed by atoms with Gasteiger partial charge >= 0.3 is 0 Å². The van der Waals surface area contributed by atoms with Crippen LogP contribution in [0.5, 0.6) is 5.75 Å². The molecular formula is C21H28FN3O. The molecule has 2 aromatic carbocycles. The molecule has 0 unspecified atom stereocenters. The summed E-state index contributed by atoms with van der Waals surface area (Å²) in [6.45, 7) is 6.01. The average molecular weight is 357 g/mol. The van der Waals surface area contributed by atoms with E-state index >= 15 is 0 Å². The molecule has 140 valence electrons. The molecule has 0 bridgehead atoms. The smallest absolute Gasteiger partial charge is 0.123 e. The van der Waals surface area contributed by atoms with Crippen molar-refractivity contribution in [3.05, 3.63) is 54.3 Å². The summed E-state index contributed by atoms with van der Waals surface area (Å²) in [7, 11) is 0. The van der Waals surface area contributed by atoms with Crippen LogP contribution in [0.15, 0.2) is 48.5 Å². The van der Waals surface area contributed by atoms with E-state index in [0.29, 0.717) is 0 Å². The molecule has 2 N–H and O–H groups in total. The van der Waals surface area contributed by atoms with E-state index in [1.807, 2.05) is 36.4 Å². The molecule has 5 heteroatoms. The summed E-state index contributed by atoms with van der Waals surface area (Å²) in [5, 5.41) is 0. The van der Waals surface area contributed by atoms with Crippen LogP contribution >= 0.6 is 0 Å². The first-order valence-corrected chi connectivity index (χ1v) is 9.42. The van der Waals surface area contributed by atoms with Gasteiger partial charge in [-0.2, -0.15) is 0 Å². The van der Waals surface area contributed by atoms with Crippen molar-refractivity contribution in [3.8, 4) is 5.75 Å². The molecule has 2 aromatic rings. The van der Waals surface area contributed by atoms with Crippen molar-refractivity contribution in [1.29, 1.82) is 0 Å². The number of nitrogen functional groups attached to an aromatic ring is 1. The van der Waals surface area contributed by atoms with Crippen LogP contribution in [0.4, 0.5) is 15.8 Å². The Kier molecular flexibility index (Phi) is 6.72. The Labute approximate surface area is 155 Å². The highest BCUT2D eigenvalue weighted by molar-refractivity contribution is 5.46.